The van der Waals surface area contributed by atoms with Crippen LogP contribution in [0.3, 0.4) is 0 Å². The summed E-state index contributed by atoms with van der Waals surface area (Å²) >= 11 is 0. The van der Waals surface area contributed by atoms with Gasteiger partial charge in [0.2, 0.25) is 0 Å². The van der Waals surface area contributed by atoms with Crippen LogP contribution in [0.1, 0.15) is 16.1 Å². The van der Waals surface area contributed by atoms with E-state index in [9.17, 15) is 4.79 Å². The first kappa shape index (κ1) is 9.58. The summed E-state index contributed by atoms with van der Waals surface area (Å²) in [7, 11) is 1.81. The number of rotatable bonds is 3. The van der Waals surface area contributed by atoms with Crippen LogP contribution in [0, 0.1) is 0 Å². The molecule has 0 radical (unpaired) electrons. The summed E-state index contributed by atoms with van der Waals surface area (Å²) in [5, 5.41) is 0. The molecule has 0 spiro atoms. The first-order valence-corrected chi connectivity index (χ1v) is 4.66. The number of hydrogen-bond donors (Lipinski definition) is 0. The minimum absolute atomic E-state index is 0.0583. The molecule has 0 aliphatic rings. The molecule has 0 atom stereocenters. The smallest absolute Gasteiger partial charge is 0.185 e. The van der Waals surface area contributed by atoms with E-state index in [2.05, 4.69) is 9.97 Å². The molecule has 2 heterocycles. The predicted molar refractivity (Wildman–Crippen MR) is 55.5 cm³/mol. The van der Waals surface area contributed by atoms with Crippen LogP contribution < -0.4 is 0 Å². The van der Waals surface area contributed by atoms with Gasteiger partial charge in [0.25, 0.3) is 0 Å². The second kappa shape index (κ2) is 4.04. The maximum atomic E-state index is 11.8. The summed E-state index contributed by atoms with van der Waals surface area (Å²) in [5.41, 5.74) is 1.54. The summed E-state index contributed by atoms with van der Waals surface area (Å²) < 4.78 is 1.72. The molecule has 4 nitrogen and oxygen atoms in total. The molecule has 0 N–H and O–H groups in total. The quantitative estimate of drug-likeness (QED) is 0.702. The topological polar surface area (TPSA) is 47.8 Å². The number of nitrogens with zero attached hydrogens (tertiary/aromatic N) is 3. The fraction of sp³-hybridized carbons (Fsp3) is 0.182. The molecule has 0 bridgehead atoms. The lowest BCUT2D eigenvalue weighted by Gasteiger charge is -2.00. The van der Waals surface area contributed by atoms with Gasteiger partial charge in [-0.15, -0.1) is 0 Å². The molecule has 0 aliphatic heterocycles. The Labute approximate surface area is 87.6 Å². The molecule has 2 aromatic heterocycles. The van der Waals surface area contributed by atoms with Crippen LogP contribution in [-0.2, 0) is 13.5 Å². The maximum Gasteiger partial charge on any atom is 0.185 e. The van der Waals surface area contributed by atoms with Crippen molar-refractivity contribution in [3.8, 4) is 0 Å². The van der Waals surface area contributed by atoms with E-state index >= 15 is 0 Å². The van der Waals surface area contributed by atoms with Gasteiger partial charge in [-0.25, -0.2) is 4.98 Å². The van der Waals surface area contributed by atoms with E-state index < -0.39 is 0 Å². The Kier molecular flexibility index (Phi) is 2.58. The van der Waals surface area contributed by atoms with Crippen molar-refractivity contribution in [3.63, 3.8) is 0 Å². The van der Waals surface area contributed by atoms with Gasteiger partial charge in [-0.3, -0.25) is 9.78 Å². The molecule has 4 heteroatoms. The van der Waals surface area contributed by atoms with E-state index in [4.69, 9.17) is 0 Å². The highest BCUT2D eigenvalue weighted by atomic mass is 16.1. The van der Waals surface area contributed by atoms with Crippen molar-refractivity contribution >= 4 is 5.78 Å². The number of imidazole rings is 1. The van der Waals surface area contributed by atoms with Crippen LogP contribution in [0.5, 0.6) is 0 Å². The lowest BCUT2D eigenvalue weighted by molar-refractivity contribution is 0.0985. The van der Waals surface area contributed by atoms with Crippen LogP contribution in [0.15, 0.2) is 37.1 Å². The largest absolute Gasteiger partial charge is 0.331 e. The minimum atomic E-state index is 0.0583. The van der Waals surface area contributed by atoms with Crippen molar-refractivity contribution in [2.45, 2.75) is 6.42 Å². The third kappa shape index (κ3) is 2.10. The first-order chi connectivity index (χ1) is 7.27. The molecule has 2 aromatic rings. The summed E-state index contributed by atoms with van der Waals surface area (Å²) in [6.07, 6.45) is 6.97. The van der Waals surface area contributed by atoms with Gasteiger partial charge in [-0.2, -0.15) is 0 Å². The second-order valence-electron chi connectivity index (χ2n) is 3.35. The number of aromatic nitrogens is 3. The van der Waals surface area contributed by atoms with Gasteiger partial charge < -0.3 is 4.57 Å². The molecule has 0 aliphatic carbocycles. The molecule has 0 amide bonds. The number of hydrogen-bond acceptors (Lipinski definition) is 3. The molecule has 0 saturated carbocycles. The van der Waals surface area contributed by atoms with Crippen molar-refractivity contribution in [1.82, 2.24) is 14.5 Å². The van der Waals surface area contributed by atoms with Gasteiger partial charge >= 0.3 is 0 Å². The standard InChI is InChI=1S/C11H11N3O/c1-14-8-13-7-10(14)11(15)5-9-3-2-4-12-6-9/h2-4,6-8H,5H2,1H3. The average molecular weight is 201 g/mol. The number of pyridine rings is 1. The zero-order valence-electron chi connectivity index (χ0n) is 8.42. The fourth-order valence-electron chi connectivity index (χ4n) is 1.40. The Morgan fingerprint density at radius 3 is 2.87 bits per heavy atom. The highest BCUT2D eigenvalue weighted by Gasteiger charge is 2.10. The zero-order chi connectivity index (χ0) is 10.7. The number of ketones is 1. The van der Waals surface area contributed by atoms with Crippen LogP contribution in [0.4, 0.5) is 0 Å². The van der Waals surface area contributed by atoms with E-state index in [1.165, 1.54) is 0 Å². The highest BCUT2D eigenvalue weighted by molar-refractivity contribution is 5.95. The van der Waals surface area contributed by atoms with Crippen molar-refractivity contribution in [2.75, 3.05) is 0 Å². The third-order valence-electron chi connectivity index (χ3n) is 2.19. The van der Waals surface area contributed by atoms with Gasteiger partial charge in [0.1, 0.15) is 5.69 Å². The second-order valence-corrected chi connectivity index (χ2v) is 3.35. The van der Waals surface area contributed by atoms with Gasteiger partial charge in [-0.1, -0.05) is 6.07 Å². The molecular formula is C11H11N3O. The SMILES string of the molecule is Cn1cncc1C(=O)Cc1cccnc1. The van der Waals surface area contributed by atoms with Gasteiger partial charge in [0.15, 0.2) is 5.78 Å². The van der Waals surface area contributed by atoms with E-state index in [0.717, 1.165) is 5.56 Å². The monoisotopic (exact) mass is 201 g/mol. The Morgan fingerprint density at radius 2 is 2.27 bits per heavy atom. The van der Waals surface area contributed by atoms with Gasteiger partial charge in [-0.05, 0) is 11.6 Å². The number of aryl methyl sites for hydroxylation is 1. The average Bonchev–Trinajstić information content (AvgIpc) is 2.66. The lowest BCUT2D eigenvalue weighted by Crippen LogP contribution is -2.08. The molecule has 0 aromatic carbocycles. The molecule has 76 valence electrons. The first-order valence-electron chi connectivity index (χ1n) is 4.66. The van der Waals surface area contributed by atoms with Crippen LogP contribution >= 0.6 is 0 Å². The number of carbonyl (C=O) groups excluding carboxylic acids is 1. The number of carbonyl (C=O) groups is 1. The van der Waals surface area contributed by atoms with Crippen molar-refractivity contribution < 1.29 is 4.79 Å². The zero-order valence-corrected chi connectivity index (χ0v) is 8.42. The summed E-state index contributed by atoms with van der Waals surface area (Å²) in [6, 6.07) is 3.72. The van der Waals surface area contributed by atoms with E-state index in [0.29, 0.717) is 12.1 Å². The van der Waals surface area contributed by atoms with Crippen LogP contribution in [-0.4, -0.2) is 20.3 Å². The highest BCUT2D eigenvalue weighted by Crippen LogP contribution is 2.04. The Bertz CT molecular complexity index is 462. The van der Waals surface area contributed by atoms with E-state index in [-0.39, 0.29) is 5.78 Å². The van der Waals surface area contributed by atoms with Crippen molar-refractivity contribution in [3.05, 3.63) is 48.3 Å². The Morgan fingerprint density at radius 1 is 1.40 bits per heavy atom. The van der Waals surface area contributed by atoms with Gasteiger partial charge in [0, 0.05) is 25.9 Å². The van der Waals surface area contributed by atoms with Crippen molar-refractivity contribution in [2.24, 2.45) is 7.05 Å². The third-order valence-corrected chi connectivity index (χ3v) is 2.19. The van der Waals surface area contributed by atoms with Crippen LogP contribution in [0.25, 0.3) is 0 Å². The maximum absolute atomic E-state index is 11.8. The van der Waals surface area contributed by atoms with Crippen molar-refractivity contribution in [1.29, 1.82) is 0 Å². The Balaban J connectivity index is 2.15. The molecular weight excluding hydrogens is 190 g/mol. The summed E-state index contributed by atoms with van der Waals surface area (Å²) in [5.74, 6) is 0.0583. The molecule has 0 fully saturated rings. The predicted octanol–water partition coefficient (Wildman–Crippen LogP) is 1.24. The molecule has 15 heavy (non-hydrogen) atoms. The lowest BCUT2D eigenvalue weighted by atomic mass is 10.1. The Hall–Kier alpha value is -1.97. The van der Waals surface area contributed by atoms with E-state index in [1.54, 1.807) is 29.5 Å². The molecule has 0 unspecified atom stereocenters. The normalized spacial score (nSPS) is 10.2. The molecule has 2 rings (SSSR count). The minimum Gasteiger partial charge on any atom is -0.331 e. The van der Waals surface area contributed by atoms with Crippen LogP contribution in [0.2, 0.25) is 0 Å². The summed E-state index contributed by atoms with van der Waals surface area (Å²) in [4.78, 5) is 19.7. The molecule has 0 saturated heterocycles. The summed E-state index contributed by atoms with van der Waals surface area (Å²) in [6.45, 7) is 0. The van der Waals surface area contributed by atoms with Gasteiger partial charge in [0.05, 0.1) is 12.5 Å². The number of Topliss-reactive ketones (excluding diaryl/α,β-unsaturated/α-hetero) is 1. The fourth-order valence-corrected chi connectivity index (χ4v) is 1.40. The van der Waals surface area contributed by atoms with E-state index in [1.807, 2.05) is 19.2 Å².